The first-order chi connectivity index (χ1) is 10.9. The van der Waals surface area contributed by atoms with E-state index in [9.17, 15) is 8.42 Å². The van der Waals surface area contributed by atoms with Crippen molar-refractivity contribution < 1.29 is 12.9 Å². The summed E-state index contributed by atoms with van der Waals surface area (Å²) in [6, 6.07) is 6.61. The molecular weight excluding hydrogens is 336 g/mol. The van der Waals surface area contributed by atoms with E-state index in [-0.39, 0.29) is 4.90 Å². The molecule has 0 bridgehead atoms. The van der Waals surface area contributed by atoms with Gasteiger partial charge in [-0.2, -0.15) is 0 Å². The van der Waals surface area contributed by atoms with Gasteiger partial charge in [0.1, 0.15) is 5.76 Å². The highest BCUT2D eigenvalue weighted by molar-refractivity contribution is 7.98. The maximum atomic E-state index is 11.5. The van der Waals surface area contributed by atoms with E-state index < -0.39 is 10.0 Å². The zero-order valence-corrected chi connectivity index (χ0v) is 14.3. The van der Waals surface area contributed by atoms with Crippen LogP contribution in [-0.4, -0.2) is 23.1 Å². The van der Waals surface area contributed by atoms with Gasteiger partial charge < -0.3 is 9.09 Å². The SMILES string of the molecule is CCn1c(SCc2cc(C)on2)nc2cc(S(N)(=O)=O)ccc21. The monoisotopic (exact) mass is 352 g/mol. The Morgan fingerprint density at radius 1 is 1.35 bits per heavy atom. The molecule has 0 spiro atoms. The van der Waals surface area contributed by atoms with Gasteiger partial charge in [0.05, 0.1) is 21.6 Å². The Morgan fingerprint density at radius 2 is 2.13 bits per heavy atom. The number of imidazole rings is 1. The van der Waals surface area contributed by atoms with Crippen LogP contribution >= 0.6 is 11.8 Å². The van der Waals surface area contributed by atoms with Crippen molar-refractivity contribution in [3.63, 3.8) is 0 Å². The van der Waals surface area contributed by atoms with E-state index in [1.54, 1.807) is 6.07 Å². The van der Waals surface area contributed by atoms with Crippen molar-refractivity contribution in [2.45, 2.75) is 36.2 Å². The summed E-state index contributed by atoms with van der Waals surface area (Å²) in [6.07, 6.45) is 0. The average molecular weight is 352 g/mol. The summed E-state index contributed by atoms with van der Waals surface area (Å²) in [5.41, 5.74) is 2.32. The summed E-state index contributed by atoms with van der Waals surface area (Å²) in [7, 11) is -3.74. The average Bonchev–Trinajstić information content (AvgIpc) is 3.06. The number of nitrogens with zero attached hydrogens (tertiary/aromatic N) is 3. The standard InChI is InChI=1S/C14H16N4O3S2/c1-3-18-13-5-4-11(23(15,19)20)7-12(13)16-14(18)22-8-10-6-9(2)21-17-10/h4-7H,3,8H2,1-2H3,(H2,15,19,20). The molecule has 0 radical (unpaired) electrons. The molecule has 2 aromatic heterocycles. The van der Waals surface area contributed by atoms with Crippen molar-refractivity contribution in [1.29, 1.82) is 0 Å². The number of fused-ring (bicyclic) bond motifs is 1. The summed E-state index contributed by atoms with van der Waals surface area (Å²) in [6.45, 7) is 4.58. The second-order valence-electron chi connectivity index (χ2n) is 5.05. The van der Waals surface area contributed by atoms with Gasteiger partial charge in [0.25, 0.3) is 0 Å². The lowest BCUT2D eigenvalue weighted by Gasteiger charge is -2.04. The smallest absolute Gasteiger partial charge is 0.238 e. The number of aromatic nitrogens is 3. The summed E-state index contributed by atoms with van der Waals surface area (Å²) in [5.74, 6) is 1.39. The number of hydrogen-bond donors (Lipinski definition) is 1. The first-order valence-corrected chi connectivity index (χ1v) is 9.49. The van der Waals surface area contributed by atoms with Gasteiger partial charge in [-0.15, -0.1) is 0 Å². The van der Waals surface area contributed by atoms with Crippen LogP contribution in [0.3, 0.4) is 0 Å². The minimum Gasteiger partial charge on any atom is -0.361 e. The molecule has 0 amide bonds. The Balaban J connectivity index is 1.96. The molecule has 0 saturated heterocycles. The lowest BCUT2D eigenvalue weighted by molar-refractivity contribution is 0.393. The maximum Gasteiger partial charge on any atom is 0.238 e. The molecular formula is C14H16N4O3S2. The fraction of sp³-hybridized carbons (Fsp3) is 0.286. The van der Waals surface area contributed by atoms with Gasteiger partial charge in [-0.05, 0) is 32.0 Å². The fourth-order valence-electron chi connectivity index (χ4n) is 2.30. The molecule has 122 valence electrons. The number of sulfonamides is 1. The van der Waals surface area contributed by atoms with Crippen LogP contribution in [0.15, 0.2) is 38.8 Å². The molecule has 1 aromatic carbocycles. The van der Waals surface area contributed by atoms with Crippen LogP contribution < -0.4 is 5.14 Å². The topological polar surface area (TPSA) is 104 Å². The molecule has 3 rings (SSSR count). The lowest BCUT2D eigenvalue weighted by atomic mass is 10.3. The normalized spacial score (nSPS) is 12.1. The van der Waals surface area contributed by atoms with Crippen LogP contribution in [0, 0.1) is 6.92 Å². The summed E-state index contributed by atoms with van der Waals surface area (Å²) in [4.78, 5) is 4.59. The van der Waals surface area contributed by atoms with Crippen molar-refractivity contribution in [2.24, 2.45) is 5.14 Å². The molecule has 0 saturated carbocycles. The van der Waals surface area contributed by atoms with Crippen molar-refractivity contribution in [3.05, 3.63) is 35.7 Å². The third-order valence-corrected chi connectivity index (χ3v) is 5.28. The van der Waals surface area contributed by atoms with E-state index in [0.717, 1.165) is 28.7 Å². The maximum absolute atomic E-state index is 11.5. The second kappa shape index (κ2) is 5.99. The Labute approximate surface area is 137 Å². The van der Waals surface area contributed by atoms with E-state index in [2.05, 4.69) is 10.1 Å². The van der Waals surface area contributed by atoms with E-state index in [1.165, 1.54) is 23.9 Å². The highest BCUT2D eigenvalue weighted by Gasteiger charge is 2.15. The van der Waals surface area contributed by atoms with Gasteiger partial charge in [0, 0.05) is 18.4 Å². The zero-order valence-electron chi connectivity index (χ0n) is 12.7. The summed E-state index contributed by atoms with van der Waals surface area (Å²) in [5, 5.41) is 9.93. The predicted octanol–water partition coefficient (Wildman–Crippen LogP) is 2.29. The van der Waals surface area contributed by atoms with Crippen LogP contribution in [0.2, 0.25) is 0 Å². The zero-order chi connectivity index (χ0) is 16.6. The first kappa shape index (κ1) is 16.0. The van der Waals surface area contributed by atoms with Gasteiger partial charge >= 0.3 is 0 Å². The predicted molar refractivity (Wildman–Crippen MR) is 87.6 cm³/mol. The van der Waals surface area contributed by atoms with Crippen molar-refractivity contribution in [1.82, 2.24) is 14.7 Å². The van der Waals surface area contributed by atoms with Crippen molar-refractivity contribution in [2.75, 3.05) is 0 Å². The van der Waals surface area contributed by atoms with Gasteiger partial charge in [0.15, 0.2) is 5.16 Å². The second-order valence-corrected chi connectivity index (χ2v) is 7.56. The van der Waals surface area contributed by atoms with Crippen LogP contribution in [0.25, 0.3) is 11.0 Å². The Hall–Kier alpha value is -1.84. The minimum absolute atomic E-state index is 0.0643. The third kappa shape index (κ3) is 3.26. The van der Waals surface area contributed by atoms with Gasteiger partial charge in [-0.25, -0.2) is 18.5 Å². The summed E-state index contributed by atoms with van der Waals surface area (Å²) < 4.78 is 30.0. The highest BCUT2D eigenvalue weighted by Crippen LogP contribution is 2.28. The molecule has 0 aliphatic rings. The van der Waals surface area contributed by atoms with Crippen LogP contribution in [-0.2, 0) is 22.3 Å². The van der Waals surface area contributed by atoms with Gasteiger partial charge in [0.2, 0.25) is 10.0 Å². The Bertz CT molecular complexity index is 960. The lowest BCUT2D eigenvalue weighted by Crippen LogP contribution is -2.11. The molecule has 0 aliphatic carbocycles. The molecule has 0 atom stereocenters. The van der Waals surface area contributed by atoms with Crippen molar-refractivity contribution in [3.8, 4) is 0 Å². The Morgan fingerprint density at radius 3 is 2.74 bits per heavy atom. The van der Waals surface area contributed by atoms with Crippen LogP contribution in [0.4, 0.5) is 0 Å². The van der Waals surface area contributed by atoms with Crippen molar-refractivity contribution >= 4 is 32.8 Å². The first-order valence-electron chi connectivity index (χ1n) is 6.96. The fourth-order valence-corrected chi connectivity index (χ4v) is 3.80. The number of thioether (sulfide) groups is 1. The molecule has 3 aromatic rings. The number of nitrogens with two attached hydrogens (primary N) is 1. The molecule has 2 heterocycles. The van der Waals surface area contributed by atoms with E-state index in [0.29, 0.717) is 11.3 Å². The quantitative estimate of drug-likeness (QED) is 0.707. The van der Waals surface area contributed by atoms with E-state index in [4.69, 9.17) is 9.66 Å². The number of benzene rings is 1. The van der Waals surface area contributed by atoms with Gasteiger partial charge in [-0.1, -0.05) is 16.9 Å². The largest absolute Gasteiger partial charge is 0.361 e. The highest BCUT2D eigenvalue weighted by atomic mass is 32.2. The number of rotatable bonds is 5. The minimum atomic E-state index is -3.74. The van der Waals surface area contributed by atoms with E-state index in [1.807, 2.05) is 24.5 Å². The molecule has 0 fully saturated rings. The molecule has 7 nitrogen and oxygen atoms in total. The Kier molecular flexibility index (Phi) is 4.17. The molecule has 0 aliphatic heterocycles. The molecule has 23 heavy (non-hydrogen) atoms. The van der Waals surface area contributed by atoms with Crippen LogP contribution in [0.1, 0.15) is 18.4 Å². The van der Waals surface area contributed by atoms with Crippen LogP contribution in [0.5, 0.6) is 0 Å². The third-order valence-electron chi connectivity index (χ3n) is 3.36. The van der Waals surface area contributed by atoms with E-state index >= 15 is 0 Å². The number of primary sulfonamides is 1. The molecule has 2 N–H and O–H groups in total. The molecule has 0 unspecified atom stereocenters. The number of aryl methyl sites for hydroxylation is 2. The summed E-state index contributed by atoms with van der Waals surface area (Å²) >= 11 is 1.53. The number of hydrogen-bond acceptors (Lipinski definition) is 6. The van der Waals surface area contributed by atoms with Gasteiger partial charge in [-0.3, -0.25) is 0 Å². The molecule has 9 heteroatoms.